The molecule has 2 aromatic heterocycles. The molecule has 0 atom stereocenters. The molecule has 0 amide bonds. The van der Waals surface area contributed by atoms with Crippen molar-refractivity contribution in [1.29, 1.82) is 0 Å². The molecule has 9 heteroatoms. The highest BCUT2D eigenvalue weighted by Gasteiger charge is 2.27. The number of ketones is 1. The van der Waals surface area contributed by atoms with Gasteiger partial charge in [0, 0.05) is 35.8 Å². The summed E-state index contributed by atoms with van der Waals surface area (Å²) in [6.07, 6.45) is 6.05. The number of para-hydroxylation sites is 2. The second-order valence-electron chi connectivity index (χ2n) is 9.04. The summed E-state index contributed by atoms with van der Waals surface area (Å²) in [5, 5.41) is 13.7. The van der Waals surface area contributed by atoms with Crippen LogP contribution in [0.2, 0.25) is 5.02 Å². The fraction of sp³-hybridized carbons (Fsp3) is 0.250. The number of aliphatic carboxylic acids is 1. The van der Waals surface area contributed by atoms with Crippen molar-refractivity contribution in [3.63, 3.8) is 0 Å². The first kappa shape index (κ1) is 24.6. The summed E-state index contributed by atoms with van der Waals surface area (Å²) in [6.45, 7) is 0. The van der Waals surface area contributed by atoms with Crippen molar-refractivity contribution in [2.75, 3.05) is 12.4 Å². The van der Waals surface area contributed by atoms with Gasteiger partial charge in [0.05, 0.1) is 29.0 Å². The molecule has 8 nitrogen and oxygen atoms in total. The monoisotopic (exact) mass is 519 g/mol. The van der Waals surface area contributed by atoms with E-state index in [0.29, 0.717) is 52.3 Å². The average molecular weight is 520 g/mol. The number of hydrogen-bond donors (Lipinski definition) is 3. The van der Waals surface area contributed by atoms with E-state index in [4.69, 9.17) is 21.1 Å². The Hall–Kier alpha value is -4.04. The van der Waals surface area contributed by atoms with Crippen molar-refractivity contribution in [3.8, 4) is 17.2 Å². The standard InChI is InChI=1S/C28H26ClN3O5/c1-36-23-4-2-3-5-24(23)37-18-10-11-19(21(29)14-18)26(33)20-15-31-27-25(20)22(12-13-30-27)32-17-8-6-16(7-9-17)28(34)35/h2-5,10-17H,6-9H2,1H3,(H,34,35)(H2,30,31,32)/t16-,17-. The lowest BCUT2D eigenvalue weighted by Gasteiger charge is -2.28. The van der Waals surface area contributed by atoms with E-state index < -0.39 is 5.97 Å². The molecule has 190 valence electrons. The zero-order valence-corrected chi connectivity index (χ0v) is 20.9. The lowest BCUT2D eigenvalue weighted by molar-refractivity contribution is -0.142. The molecule has 1 aliphatic rings. The number of anilines is 1. The Kier molecular flexibility index (Phi) is 7.01. The number of carbonyl (C=O) groups excluding carboxylic acids is 1. The molecule has 1 saturated carbocycles. The maximum Gasteiger partial charge on any atom is 0.306 e. The molecule has 0 saturated heterocycles. The van der Waals surface area contributed by atoms with Gasteiger partial charge in [0.25, 0.3) is 0 Å². The maximum absolute atomic E-state index is 13.6. The number of H-pyrrole nitrogens is 1. The van der Waals surface area contributed by atoms with Crippen LogP contribution in [-0.2, 0) is 4.79 Å². The van der Waals surface area contributed by atoms with Gasteiger partial charge in [-0.05, 0) is 56.0 Å². The third-order valence-electron chi connectivity index (χ3n) is 6.74. The zero-order chi connectivity index (χ0) is 25.9. The second-order valence-corrected chi connectivity index (χ2v) is 9.45. The number of pyridine rings is 1. The van der Waals surface area contributed by atoms with Gasteiger partial charge in [-0.2, -0.15) is 0 Å². The lowest BCUT2D eigenvalue weighted by Crippen LogP contribution is -2.29. The van der Waals surface area contributed by atoms with Crippen molar-refractivity contribution in [2.45, 2.75) is 31.7 Å². The molecule has 0 spiro atoms. The number of methoxy groups -OCH3 is 1. The van der Waals surface area contributed by atoms with Gasteiger partial charge in [0.2, 0.25) is 0 Å². The van der Waals surface area contributed by atoms with Gasteiger partial charge in [-0.3, -0.25) is 9.59 Å². The number of aromatic amines is 1. The van der Waals surface area contributed by atoms with Gasteiger partial charge in [-0.15, -0.1) is 0 Å². The minimum Gasteiger partial charge on any atom is -0.493 e. The molecule has 1 fully saturated rings. The minimum atomic E-state index is -0.737. The number of carboxylic acid groups (broad SMARTS) is 1. The second kappa shape index (κ2) is 10.5. The molecule has 2 aromatic carbocycles. The molecule has 0 radical (unpaired) electrons. The molecule has 37 heavy (non-hydrogen) atoms. The number of ether oxygens (including phenoxy) is 2. The summed E-state index contributed by atoms with van der Waals surface area (Å²) >= 11 is 6.55. The van der Waals surface area contributed by atoms with Crippen LogP contribution in [0, 0.1) is 5.92 Å². The molecule has 5 rings (SSSR count). The molecule has 1 aliphatic carbocycles. The molecule has 4 aromatic rings. The highest BCUT2D eigenvalue weighted by Crippen LogP contribution is 2.35. The van der Waals surface area contributed by atoms with Crippen LogP contribution in [0.15, 0.2) is 60.9 Å². The van der Waals surface area contributed by atoms with Crippen molar-refractivity contribution in [1.82, 2.24) is 9.97 Å². The van der Waals surface area contributed by atoms with Crippen LogP contribution in [0.1, 0.15) is 41.6 Å². The van der Waals surface area contributed by atoms with Crippen molar-refractivity contribution >= 4 is 40.1 Å². The smallest absolute Gasteiger partial charge is 0.306 e. The van der Waals surface area contributed by atoms with Gasteiger partial charge in [0.15, 0.2) is 17.3 Å². The van der Waals surface area contributed by atoms with Crippen LogP contribution in [0.3, 0.4) is 0 Å². The zero-order valence-electron chi connectivity index (χ0n) is 20.2. The minimum absolute atomic E-state index is 0.119. The molecular weight excluding hydrogens is 494 g/mol. The lowest BCUT2D eigenvalue weighted by atomic mass is 9.86. The largest absolute Gasteiger partial charge is 0.493 e. The topological polar surface area (TPSA) is 114 Å². The Labute approximate surface area is 218 Å². The number of benzene rings is 2. The first-order valence-corrected chi connectivity index (χ1v) is 12.4. The number of carboxylic acids is 1. The Balaban J connectivity index is 1.39. The van der Waals surface area contributed by atoms with Crippen LogP contribution in [0.5, 0.6) is 17.2 Å². The number of halogens is 1. The van der Waals surface area contributed by atoms with E-state index in [2.05, 4.69) is 15.3 Å². The van der Waals surface area contributed by atoms with Gasteiger partial charge in [-0.25, -0.2) is 4.98 Å². The molecule has 3 N–H and O–H groups in total. The van der Waals surface area contributed by atoms with E-state index in [9.17, 15) is 14.7 Å². The number of nitrogens with zero attached hydrogens (tertiary/aromatic N) is 1. The predicted molar refractivity (Wildman–Crippen MR) is 141 cm³/mol. The summed E-state index contributed by atoms with van der Waals surface area (Å²) < 4.78 is 11.2. The highest BCUT2D eigenvalue weighted by molar-refractivity contribution is 6.35. The van der Waals surface area contributed by atoms with Gasteiger partial charge in [0.1, 0.15) is 11.4 Å². The molecular formula is C28H26ClN3O5. The quantitative estimate of drug-likeness (QED) is 0.234. The summed E-state index contributed by atoms with van der Waals surface area (Å²) in [5.74, 6) is 0.325. The van der Waals surface area contributed by atoms with Crippen LogP contribution in [-0.4, -0.2) is 40.0 Å². The van der Waals surface area contributed by atoms with Gasteiger partial charge < -0.3 is 24.9 Å². The Morgan fingerprint density at radius 1 is 1.05 bits per heavy atom. The summed E-state index contributed by atoms with van der Waals surface area (Å²) in [6, 6.07) is 14.2. The Morgan fingerprint density at radius 3 is 2.51 bits per heavy atom. The predicted octanol–water partition coefficient (Wildman–Crippen LogP) is 6.30. The van der Waals surface area contributed by atoms with E-state index in [1.165, 1.54) is 0 Å². The number of aromatic nitrogens is 2. The molecule has 0 unspecified atom stereocenters. The highest BCUT2D eigenvalue weighted by atomic mass is 35.5. The Bertz CT molecular complexity index is 1460. The summed E-state index contributed by atoms with van der Waals surface area (Å²) in [5.41, 5.74) is 2.15. The summed E-state index contributed by atoms with van der Waals surface area (Å²) in [7, 11) is 1.57. The number of fused-ring (bicyclic) bond motifs is 1. The first-order chi connectivity index (χ1) is 17.9. The number of nitrogens with one attached hydrogen (secondary N) is 2. The van der Waals surface area contributed by atoms with Crippen molar-refractivity contribution in [2.24, 2.45) is 5.92 Å². The maximum atomic E-state index is 13.6. The fourth-order valence-corrected chi connectivity index (χ4v) is 5.04. The molecule has 0 bridgehead atoms. The normalized spacial score (nSPS) is 17.4. The Morgan fingerprint density at radius 2 is 1.81 bits per heavy atom. The van der Waals surface area contributed by atoms with E-state index in [0.717, 1.165) is 18.5 Å². The summed E-state index contributed by atoms with van der Waals surface area (Å²) in [4.78, 5) is 32.3. The SMILES string of the molecule is COc1ccccc1Oc1ccc(C(=O)c2c[nH]c3nccc(N[C@H]4CC[C@H](C(=O)O)CC4)c23)c(Cl)c1. The third kappa shape index (κ3) is 5.11. The number of rotatable bonds is 8. The van der Waals surface area contributed by atoms with Crippen molar-refractivity contribution < 1.29 is 24.2 Å². The van der Waals surface area contributed by atoms with E-state index in [-0.39, 0.29) is 22.8 Å². The first-order valence-electron chi connectivity index (χ1n) is 12.0. The van der Waals surface area contributed by atoms with Crippen LogP contribution >= 0.6 is 11.6 Å². The van der Waals surface area contributed by atoms with Gasteiger partial charge in [-0.1, -0.05) is 23.7 Å². The van der Waals surface area contributed by atoms with Gasteiger partial charge >= 0.3 is 5.97 Å². The third-order valence-corrected chi connectivity index (χ3v) is 7.05. The van der Waals surface area contributed by atoms with Crippen LogP contribution in [0.4, 0.5) is 5.69 Å². The van der Waals surface area contributed by atoms with E-state index in [1.54, 1.807) is 49.8 Å². The fourth-order valence-electron chi connectivity index (χ4n) is 4.78. The van der Waals surface area contributed by atoms with Crippen molar-refractivity contribution in [3.05, 3.63) is 77.1 Å². The number of carbonyl (C=O) groups is 2. The molecule has 0 aliphatic heterocycles. The van der Waals surface area contributed by atoms with Crippen LogP contribution in [0.25, 0.3) is 11.0 Å². The van der Waals surface area contributed by atoms with Crippen LogP contribution < -0.4 is 14.8 Å². The average Bonchev–Trinajstić information content (AvgIpc) is 3.34. The molecule has 2 heterocycles. The van der Waals surface area contributed by atoms with E-state index in [1.807, 2.05) is 18.2 Å². The number of hydrogen-bond acceptors (Lipinski definition) is 6. The van der Waals surface area contributed by atoms with E-state index >= 15 is 0 Å².